The van der Waals surface area contributed by atoms with Gasteiger partial charge in [-0.15, -0.1) is 0 Å². The highest BCUT2D eigenvalue weighted by Gasteiger charge is 2.20. The molecular weight excluding hydrogens is 402 g/mol. The zero-order chi connectivity index (χ0) is 21.8. The number of aryl methyl sites for hydroxylation is 1. The Hall–Kier alpha value is -3.29. The molecular formula is C23H24F2N4O2. The van der Waals surface area contributed by atoms with Crippen LogP contribution in [0, 0.1) is 11.6 Å². The number of carbonyl (C=O) groups excluding carboxylic acids is 1. The number of fused-ring (bicyclic) bond motifs is 1. The van der Waals surface area contributed by atoms with E-state index in [9.17, 15) is 18.4 Å². The van der Waals surface area contributed by atoms with E-state index in [0.29, 0.717) is 23.5 Å². The van der Waals surface area contributed by atoms with Gasteiger partial charge in [0.1, 0.15) is 24.0 Å². The Morgan fingerprint density at radius 3 is 2.61 bits per heavy atom. The van der Waals surface area contributed by atoms with Crippen molar-refractivity contribution in [2.45, 2.75) is 51.2 Å². The summed E-state index contributed by atoms with van der Waals surface area (Å²) in [4.78, 5) is 25.4. The Labute approximate surface area is 178 Å². The quantitative estimate of drug-likeness (QED) is 0.658. The molecule has 6 nitrogen and oxygen atoms in total. The van der Waals surface area contributed by atoms with E-state index >= 15 is 0 Å². The Kier molecular flexibility index (Phi) is 6.25. The molecule has 0 saturated heterocycles. The molecule has 1 amide bonds. The summed E-state index contributed by atoms with van der Waals surface area (Å²) in [5.41, 5.74) is 0.936. The number of aromatic nitrogens is 3. The van der Waals surface area contributed by atoms with Crippen molar-refractivity contribution in [1.82, 2.24) is 19.7 Å². The average molecular weight is 426 g/mol. The molecule has 1 N–H and O–H groups in total. The molecule has 4 rings (SSSR count). The van der Waals surface area contributed by atoms with Gasteiger partial charge in [-0.1, -0.05) is 30.7 Å². The Morgan fingerprint density at radius 2 is 1.84 bits per heavy atom. The fourth-order valence-corrected chi connectivity index (χ4v) is 3.98. The predicted molar refractivity (Wildman–Crippen MR) is 111 cm³/mol. The Bertz CT molecular complexity index is 1140. The summed E-state index contributed by atoms with van der Waals surface area (Å²) in [6.07, 6.45) is 3.94. The summed E-state index contributed by atoms with van der Waals surface area (Å²) in [5, 5.41) is 7.20. The third kappa shape index (κ3) is 5.07. The zero-order valence-electron chi connectivity index (χ0n) is 17.1. The molecule has 0 bridgehead atoms. The first-order valence-electron chi connectivity index (χ1n) is 10.5. The van der Waals surface area contributed by atoms with Crippen LogP contribution in [0.15, 0.2) is 53.3 Å². The van der Waals surface area contributed by atoms with Crippen LogP contribution in [0.4, 0.5) is 8.78 Å². The van der Waals surface area contributed by atoms with Crippen LogP contribution in [-0.2, 0) is 30.7 Å². The number of amides is 1. The molecule has 2 heterocycles. The van der Waals surface area contributed by atoms with Gasteiger partial charge in [0.15, 0.2) is 0 Å². The van der Waals surface area contributed by atoms with Crippen molar-refractivity contribution in [3.05, 3.63) is 87.6 Å². The van der Waals surface area contributed by atoms with Gasteiger partial charge in [-0.3, -0.25) is 9.36 Å². The fraction of sp³-hybridized carbons (Fsp3) is 0.348. The van der Waals surface area contributed by atoms with Crippen molar-refractivity contribution >= 4 is 5.91 Å². The second-order valence-corrected chi connectivity index (χ2v) is 7.83. The number of nitrogens with zero attached hydrogens (tertiary/aromatic N) is 3. The Morgan fingerprint density at radius 1 is 1.06 bits per heavy atom. The van der Waals surface area contributed by atoms with Crippen molar-refractivity contribution < 1.29 is 13.6 Å². The van der Waals surface area contributed by atoms with E-state index < -0.39 is 17.8 Å². The lowest BCUT2D eigenvalue weighted by Gasteiger charge is -2.19. The molecule has 1 aliphatic heterocycles. The van der Waals surface area contributed by atoms with Crippen molar-refractivity contribution in [1.29, 1.82) is 0 Å². The lowest BCUT2D eigenvalue weighted by Crippen LogP contribution is -2.36. The highest BCUT2D eigenvalue weighted by Crippen LogP contribution is 2.20. The van der Waals surface area contributed by atoms with Gasteiger partial charge in [0.05, 0.1) is 6.04 Å². The molecule has 3 aromatic rings. The number of rotatable bonds is 6. The maximum Gasteiger partial charge on any atom is 0.346 e. The van der Waals surface area contributed by atoms with Gasteiger partial charge >= 0.3 is 5.69 Å². The third-order valence-electron chi connectivity index (χ3n) is 5.49. The summed E-state index contributed by atoms with van der Waals surface area (Å²) in [7, 11) is 0. The molecule has 0 fully saturated rings. The summed E-state index contributed by atoms with van der Waals surface area (Å²) in [6, 6.07) is 11.4. The monoisotopic (exact) mass is 426 g/mol. The van der Waals surface area contributed by atoms with E-state index in [2.05, 4.69) is 10.4 Å². The van der Waals surface area contributed by atoms with Crippen LogP contribution < -0.4 is 11.0 Å². The van der Waals surface area contributed by atoms with Crippen molar-refractivity contribution in [2.24, 2.45) is 0 Å². The Balaban J connectivity index is 1.54. The fourth-order valence-electron chi connectivity index (χ4n) is 3.98. The highest BCUT2D eigenvalue weighted by atomic mass is 19.1. The maximum absolute atomic E-state index is 13.8. The molecule has 162 valence electrons. The lowest BCUT2D eigenvalue weighted by molar-refractivity contribution is -0.122. The first-order chi connectivity index (χ1) is 15.0. The molecule has 31 heavy (non-hydrogen) atoms. The smallest absolute Gasteiger partial charge is 0.346 e. The van der Waals surface area contributed by atoms with E-state index in [-0.39, 0.29) is 24.5 Å². The van der Waals surface area contributed by atoms with E-state index in [4.69, 9.17) is 0 Å². The normalized spacial score (nSPS) is 14.5. The van der Waals surface area contributed by atoms with Crippen molar-refractivity contribution in [3.63, 3.8) is 0 Å². The molecule has 1 unspecified atom stereocenters. The van der Waals surface area contributed by atoms with Gasteiger partial charge < -0.3 is 5.32 Å². The zero-order valence-corrected chi connectivity index (χ0v) is 17.1. The van der Waals surface area contributed by atoms with Gasteiger partial charge in [0, 0.05) is 13.0 Å². The van der Waals surface area contributed by atoms with Crippen LogP contribution in [0.2, 0.25) is 0 Å². The number of halogens is 2. The van der Waals surface area contributed by atoms with Gasteiger partial charge in [-0.25, -0.2) is 18.3 Å². The van der Waals surface area contributed by atoms with Gasteiger partial charge in [0.2, 0.25) is 5.91 Å². The van der Waals surface area contributed by atoms with Crippen LogP contribution in [0.3, 0.4) is 0 Å². The van der Waals surface area contributed by atoms with Crippen LogP contribution in [0.25, 0.3) is 0 Å². The van der Waals surface area contributed by atoms with Crippen molar-refractivity contribution in [3.8, 4) is 0 Å². The minimum atomic E-state index is -0.582. The molecule has 1 aromatic heterocycles. The number of carbonyl (C=O) groups is 1. The minimum Gasteiger partial charge on any atom is -0.347 e. The largest absolute Gasteiger partial charge is 0.347 e. The number of nitrogens with one attached hydrogen (secondary N) is 1. The standard InChI is InChI=1S/C23H24F2N4O2/c24-18-8-4-6-16(12-18)13-20(17-7-5-9-19(25)14-17)26-22(30)15-29-23(31)28-11-3-1-2-10-21(28)27-29/h4-9,12,14,20H,1-3,10-11,13,15H2,(H,26,30). The first-order valence-corrected chi connectivity index (χ1v) is 10.5. The lowest BCUT2D eigenvalue weighted by atomic mass is 9.98. The molecule has 2 aromatic carbocycles. The third-order valence-corrected chi connectivity index (χ3v) is 5.49. The van der Waals surface area contributed by atoms with E-state index in [1.807, 2.05) is 0 Å². The molecule has 0 radical (unpaired) electrons. The van der Waals surface area contributed by atoms with Crippen LogP contribution in [0.5, 0.6) is 0 Å². The van der Waals surface area contributed by atoms with Crippen LogP contribution in [-0.4, -0.2) is 20.3 Å². The van der Waals surface area contributed by atoms with Crippen molar-refractivity contribution in [2.75, 3.05) is 0 Å². The van der Waals surface area contributed by atoms with Gasteiger partial charge in [-0.2, -0.15) is 5.10 Å². The topological polar surface area (TPSA) is 68.9 Å². The molecule has 1 aliphatic rings. The molecule has 0 saturated carbocycles. The molecule has 1 atom stereocenters. The number of hydrogen-bond acceptors (Lipinski definition) is 3. The molecule has 0 spiro atoms. The van der Waals surface area contributed by atoms with Gasteiger partial charge in [-0.05, 0) is 54.7 Å². The van der Waals surface area contributed by atoms with Crippen LogP contribution >= 0.6 is 0 Å². The minimum absolute atomic E-state index is 0.228. The highest BCUT2D eigenvalue weighted by molar-refractivity contribution is 5.76. The first kappa shape index (κ1) is 21.0. The number of benzene rings is 2. The molecule has 0 aliphatic carbocycles. The summed E-state index contributed by atoms with van der Waals surface area (Å²) >= 11 is 0. The summed E-state index contributed by atoms with van der Waals surface area (Å²) in [6.45, 7) is 0.384. The molecule has 8 heteroatoms. The summed E-state index contributed by atoms with van der Waals surface area (Å²) < 4.78 is 30.2. The predicted octanol–water partition coefficient (Wildman–Crippen LogP) is 3.15. The number of hydrogen-bond donors (Lipinski definition) is 1. The van der Waals surface area contributed by atoms with Gasteiger partial charge in [0.25, 0.3) is 0 Å². The van der Waals surface area contributed by atoms with E-state index in [0.717, 1.165) is 25.7 Å². The van der Waals surface area contributed by atoms with E-state index in [1.54, 1.807) is 28.8 Å². The SMILES string of the molecule is O=C(Cn1nc2n(c1=O)CCCCC2)NC(Cc1cccc(F)c1)c1cccc(F)c1. The maximum atomic E-state index is 13.8. The second-order valence-electron chi connectivity index (χ2n) is 7.83. The second kappa shape index (κ2) is 9.24. The van der Waals surface area contributed by atoms with Crippen LogP contribution in [0.1, 0.15) is 42.3 Å². The average Bonchev–Trinajstić information content (AvgIpc) is 2.90. The van der Waals surface area contributed by atoms with E-state index in [1.165, 1.54) is 28.9 Å². The summed E-state index contributed by atoms with van der Waals surface area (Å²) in [5.74, 6) is -0.518.